The molecular weight excluding hydrogens is 1440 g/mol. The second-order valence-electron chi connectivity index (χ2n) is 23.4. The molecule has 8 aromatic rings. The van der Waals surface area contributed by atoms with Crippen LogP contribution in [0.15, 0.2) is 67.7 Å². The minimum Gasteiger partial charge on any atom is -0.394 e. The number of aromatic nitrogens is 16. The fourth-order valence-electron chi connectivity index (χ4n) is 11.9. The number of ether oxygens (including phenoxy) is 5. The molecule has 0 spiro atoms. The third kappa shape index (κ3) is 15.5. The monoisotopic (exact) mass is 1500 g/mol. The van der Waals surface area contributed by atoms with Crippen molar-refractivity contribution in [3.63, 3.8) is 0 Å². The third-order valence-corrected chi connectivity index (χ3v) is 20.7. The summed E-state index contributed by atoms with van der Waals surface area (Å²) in [6, 6.07) is 1.22. The molecule has 48 nitrogen and oxygen atoms in total. The van der Waals surface area contributed by atoms with Crippen LogP contribution in [0.4, 0.5) is 23.5 Å². The molecule has 0 amide bonds. The fourth-order valence-corrected chi connectivity index (χ4v) is 15.7. The Kier molecular flexibility index (Phi) is 19.9. The first-order valence-corrected chi connectivity index (χ1v) is 36.1. The van der Waals surface area contributed by atoms with E-state index in [1.807, 2.05) is 0 Å². The molecular formula is C49H62N20O28P4. The predicted octanol–water partition coefficient (Wildman–Crippen LogP) is -2.66. The van der Waals surface area contributed by atoms with Crippen LogP contribution >= 0.6 is 31.3 Å². The van der Waals surface area contributed by atoms with Crippen LogP contribution in [-0.2, 0) is 78.1 Å². The van der Waals surface area contributed by atoms with E-state index < -0.39 is 197 Å². The number of phosphoric acid groups is 4. The van der Waals surface area contributed by atoms with Crippen LogP contribution in [0.1, 0.15) is 68.8 Å². The Labute approximate surface area is 560 Å². The molecule has 101 heavy (non-hydrogen) atoms. The Morgan fingerprint density at radius 1 is 0.505 bits per heavy atom. The molecule has 0 saturated carbocycles. The Morgan fingerprint density at radius 3 is 1.38 bits per heavy atom. The van der Waals surface area contributed by atoms with E-state index in [1.165, 1.54) is 51.7 Å². The van der Waals surface area contributed by atoms with Gasteiger partial charge in [-0.3, -0.25) is 88.4 Å². The molecule has 0 aliphatic carbocycles. The molecule has 5 aliphatic rings. The number of hydrogen-bond donors (Lipinski definition) is 13. The number of nitrogen functional groups attached to an aromatic ring is 4. The summed E-state index contributed by atoms with van der Waals surface area (Å²) in [5.41, 5.74) is 19.3. The van der Waals surface area contributed by atoms with Crippen LogP contribution in [0, 0.1) is 6.92 Å². The maximum Gasteiger partial charge on any atom is 0.472 e. The zero-order chi connectivity index (χ0) is 71.8. The summed E-state index contributed by atoms with van der Waals surface area (Å²) in [7, 11) is -21.5. The van der Waals surface area contributed by atoms with Crippen molar-refractivity contribution in [2.75, 3.05) is 56.0 Å². The molecule has 4 unspecified atom stereocenters. The number of phosphoric ester groups is 4. The average molecular weight is 1500 g/mol. The zero-order valence-corrected chi connectivity index (χ0v) is 55.4. The number of nitrogens with one attached hydrogen (secondary N) is 3. The lowest BCUT2D eigenvalue weighted by Crippen LogP contribution is -2.33. The van der Waals surface area contributed by atoms with Gasteiger partial charge in [0.1, 0.15) is 104 Å². The molecule has 5 saturated heterocycles. The number of fused-ring (bicyclic) bond motifs is 3. The number of aromatic amines is 3. The minimum absolute atomic E-state index is 0.0101. The number of hydrogen-bond acceptors (Lipinski definition) is 36. The predicted molar refractivity (Wildman–Crippen MR) is 332 cm³/mol. The summed E-state index contributed by atoms with van der Waals surface area (Å²) in [5, 5.41) is 21.0. The topological polar surface area (TPSA) is 674 Å². The van der Waals surface area contributed by atoms with Crippen LogP contribution < -0.4 is 51.0 Å². The summed E-state index contributed by atoms with van der Waals surface area (Å²) in [6.07, 6.45) is -16.1. The second-order valence-corrected chi connectivity index (χ2v) is 29.0. The van der Waals surface area contributed by atoms with E-state index in [2.05, 4.69) is 54.8 Å². The van der Waals surface area contributed by atoms with E-state index in [-0.39, 0.29) is 81.8 Å². The van der Waals surface area contributed by atoms with Crippen molar-refractivity contribution >= 4 is 88.3 Å². The quantitative estimate of drug-likeness (QED) is 0.0246. The van der Waals surface area contributed by atoms with Crippen molar-refractivity contribution in [1.29, 1.82) is 0 Å². The number of nitrogens with two attached hydrogens (primary N) is 4. The molecule has 5 fully saturated rings. The summed E-state index contributed by atoms with van der Waals surface area (Å²) in [5.74, 6) is -0.827. The molecule has 13 heterocycles. The first-order valence-electron chi connectivity index (χ1n) is 30.1. The molecule has 17 N–H and O–H groups in total. The average Bonchev–Trinajstić information content (AvgIpc) is 1.64. The molecule has 8 aromatic heterocycles. The number of aryl methyl sites for hydroxylation is 1. The molecule has 0 aromatic carbocycles. The number of anilines is 4. The smallest absolute Gasteiger partial charge is 0.394 e. The Balaban J connectivity index is 0.704. The van der Waals surface area contributed by atoms with Gasteiger partial charge in [-0.05, 0) is 13.0 Å². The maximum atomic E-state index is 14.3. The SMILES string of the molecule is Cc1cn([C@H]2C[C@H](O)[C@@H](COP(=O)(O)O[C@H]3C[C@H](n4ccc(N)nc4=O)O[C@@H]3COP(=O)(O)O[C@H]3C[C@H](n4cnc5c(=O)[nH]c(N)nc54)O[C@@H]3COP(=O)(O)O[C@H]3C[C@H](n4cnc5c(N)ncnc54)O[C@@H]3COP(=O)(O)O[C@H]3C[C@H](n4cnc5c(=O)[nH]c(N)nc54)O[C@@H]3CO)O2)c(=O)[nH]c1=O. The van der Waals surface area contributed by atoms with Crippen molar-refractivity contribution < 1.29 is 108 Å². The highest BCUT2D eigenvalue weighted by molar-refractivity contribution is 7.48. The van der Waals surface area contributed by atoms with Crippen molar-refractivity contribution in [2.24, 2.45) is 0 Å². The van der Waals surface area contributed by atoms with Gasteiger partial charge in [0.05, 0.1) is 58.1 Å². The summed E-state index contributed by atoms with van der Waals surface area (Å²) < 4.78 is 136. The number of imidazole rings is 3. The summed E-state index contributed by atoms with van der Waals surface area (Å²) in [6.45, 7) is -3.14. The lowest BCUT2D eigenvalue weighted by Gasteiger charge is -2.25. The zero-order valence-electron chi connectivity index (χ0n) is 51.8. The molecule has 0 radical (unpaired) electrons. The van der Waals surface area contributed by atoms with Gasteiger partial charge >= 0.3 is 42.7 Å². The van der Waals surface area contributed by atoms with E-state index >= 15 is 0 Å². The van der Waals surface area contributed by atoms with E-state index in [4.69, 9.17) is 82.8 Å². The van der Waals surface area contributed by atoms with Gasteiger partial charge in [-0.15, -0.1) is 0 Å². The largest absolute Gasteiger partial charge is 0.472 e. The number of H-pyrrole nitrogens is 3. The first-order chi connectivity index (χ1) is 47.9. The molecule has 5 aliphatic heterocycles. The van der Waals surface area contributed by atoms with Gasteiger partial charge in [-0.25, -0.2) is 52.8 Å². The Bertz CT molecular complexity index is 4970. The van der Waals surface area contributed by atoms with Crippen LogP contribution in [0.25, 0.3) is 33.5 Å². The van der Waals surface area contributed by atoms with Crippen LogP contribution in [0.3, 0.4) is 0 Å². The number of nitrogens with zero attached hydrogens (tertiary/aromatic N) is 13. The van der Waals surface area contributed by atoms with E-state index in [1.54, 1.807) is 0 Å². The normalized spacial score (nSPS) is 29.4. The van der Waals surface area contributed by atoms with Crippen molar-refractivity contribution in [1.82, 2.24) is 77.7 Å². The van der Waals surface area contributed by atoms with Gasteiger partial charge in [0, 0.05) is 50.1 Å². The van der Waals surface area contributed by atoms with Crippen LogP contribution in [-0.4, -0.2) is 202 Å². The van der Waals surface area contributed by atoms with Gasteiger partial charge in [0.15, 0.2) is 33.8 Å². The Hall–Kier alpha value is -7.83. The van der Waals surface area contributed by atoms with Crippen LogP contribution in [0.2, 0.25) is 0 Å². The summed E-state index contributed by atoms with van der Waals surface area (Å²) >= 11 is 0. The molecule has 546 valence electrons. The lowest BCUT2D eigenvalue weighted by atomic mass is 10.2. The highest BCUT2D eigenvalue weighted by Crippen LogP contribution is 2.55. The van der Waals surface area contributed by atoms with Crippen LogP contribution in [0.5, 0.6) is 0 Å². The standard InChI is InChI=1S/C49H62N20O28P4/c1-19-9-66(49(76)64-43(19)72)31-4-20(71)26(90-31)11-85-98(77,78)95-22-6-32(65-3-2-30(50)59-48(65)75)91-27(22)12-87-100(81,82)97-24-8-35(69-18-58-38-42(69)61-47(53)63-45(38)74)93-29(24)14-88-101(83,84)96-23-7-33(67-16-56-36-39(51)54-15-55-40(36)67)92-28(23)13-86-99(79,80)94-21-5-34(89-25(21)10-70)68-17-57-37-41(68)60-46(52)62-44(37)73/h2-3,9,15-18,20-29,31-35,70-71H,4-8,10-14H2,1H3,(H,77,78)(H,79,80)(H,81,82)(H,83,84)(H2,50,59,75)(H2,51,54,55)(H,64,72,76)(H3,52,60,62,73)(H3,53,61,63,74)/t20-,21-,22-,23-,24-,25+,26+,27+,28+,29+,31+,32+,33+,34+,35+/m0/s1. The Morgan fingerprint density at radius 2 is 0.911 bits per heavy atom. The second kappa shape index (κ2) is 28.1. The van der Waals surface area contributed by atoms with Crippen molar-refractivity contribution in [2.45, 2.75) is 131 Å². The van der Waals surface area contributed by atoms with Crippen molar-refractivity contribution in [3.8, 4) is 0 Å². The van der Waals surface area contributed by atoms with Gasteiger partial charge < -0.3 is 76.4 Å². The highest BCUT2D eigenvalue weighted by atomic mass is 31.2. The molecule has 13 rings (SSSR count). The molecule has 19 atom stereocenters. The maximum absolute atomic E-state index is 14.3. The highest BCUT2D eigenvalue weighted by Gasteiger charge is 2.50. The van der Waals surface area contributed by atoms with Gasteiger partial charge in [-0.1, -0.05) is 0 Å². The number of aliphatic hydroxyl groups is 2. The van der Waals surface area contributed by atoms with E-state index in [0.717, 1.165) is 21.8 Å². The number of rotatable bonds is 26. The summed E-state index contributed by atoms with van der Waals surface area (Å²) in [4.78, 5) is 147. The third-order valence-electron chi connectivity index (χ3n) is 16.6. The van der Waals surface area contributed by atoms with Gasteiger partial charge in [0.25, 0.3) is 16.7 Å². The van der Waals surface area contributed by atoms with E-state index in [0.29, 0.717) is 0 Å². The fraction of sp³-hybridized carbons (Fsp3) is 0.531. The lowest BCUT2D eigenvalue weighted by molar-refractivity contribution is -0.0640. The molecule has 0 bridgehead atoms. The van der Waals surface area contributed by atoms with E-state index in [9.17, 15) is 72.0 Å². The van der Waals surface area contributed by atoms with Gasteiger partial charge in [0.2, 0.25) is 11.9 Å². The molecule has 52 heteroatoms. The van der Waals surface area contributed by atoms with Gasteiger partial charge in [-0.2, -0.15) is 15.0 Å². The van der Waals surface area contributed by atoms with Crippen molar-refractivity contribution in [3.05, 3.63) is 101 Å². The first kappa shape index (κ1) is 71.6. The number of aliphatic hydroxyl groups excluding tert-OH is 2. The minimum atomic E-state index is -5.52.